The molecule has 3 N–H and O–H groups in total. The molecule has 0 saturated carbocycles. The smallest absolute Gasteiger partial charge is 0.462 e. The Hall–Kier alpha value is -1.94. The number of hydrogen-bond donors (Lipinski definition) is 3. The number of carbonyl (C=O) groups excluding carboxylic acids is 4. The van der Waals surface area contributed by atoms with E-state index in [9.17, 15) is 43.2 Å². The van der Waals surface area contributed by atoms with Crippen molar-refractivity contribution in [1.29, 1.82) is 0 Å². The van der Waals surface area contributed by atoms with Gasteiger partial charge in [-0.1, -0.05) is 337 Å². The van der Waals surface area contributed by atoms with Crippen LogP contribution in [-0.4, -0.2) is 96.7 Å². The Bertz CT molecular complexity index is 1820. The van der Waals surface area contributed by atoms with Gasteiger partial charge in [0.15, 0.2) is 12.2 Å². The molecule has 0 bridgehead atoms. The second-order valence-electron chi connectivity index (χ2n) is 28.0. The minimum atomic E-state index is -4.96. The maximum atomic E-state index is 13.1. The summed E-state index contributed by atoms with van der Waals surface area (Å²) < 4.78 is 68.5. The molecule has 558 valence electrons. The number of phosphoric acid groups is 2. The average molecular weight is 1380 g/mol. The number of aliphatic hydroxyl groups excluding tert-OH is 1. The van der Waals surface area contributed by atoms with Crippen LogP contribution in [-0.2, 0) is 65.4 Å². The summed E-state index contributed by atoms with van der Waals surface area (Å²) in [5, 5.41) is 10.6. The Labute approximate surface area is 575 Å². The second-order valence-corrected chi connectivity index (χ2v) is 30.9. The third-order valence-corrected chi connectivity index (χ3v) is 19.4. The summed E-state index contributed by atoms with van der Waals surface area (Å²) in [6.45, 7) is 9.53. The van der Waals surface area contributed by atoms with Gasteiger partial charge in [0.1, 0.15) is 19.3 Å². The number of phosphoric ester groups is 2. The van der Waals surface area contributed by atoms with Gasteiger partial charge in [-0.05, 0) is 37.5 Å². The van der Waals surface area contributed by atoms with E-state index in [0.717, 1.165) is 102 Å². The molecule has 0 aromatic rings. The number of aliphatic hydroxyl groups is 1. The van der Waals surface area contributed by atoms with Crippen molar-refractivity contribution in [2.75, 3.05) is 39.6 Å². The van der Waals surface area contributed by atoms with E-state index in [1.807, 2.05) is 0 Å². The van der Waals surface area contributed by atoms with Crippen LogP contribution < -0.4 is 0 Å². The Morgan fingerprint density at radius 2 is 0.489 bits per heavy atom. The summed E-state index contributed by atoms with van der Waals surface area (Å²) in [4.78, 5) is 72.8. The van der Waals surface area contributed by atoms with Gasteiger partial charge in [0.2, 0.25) is 0 Å². The Morgan fingerprint density at radius 1 is 0.287 bits per heavy atom. The molecular formula is C75H146O17P2. The molecule has 0 aliphatic rings. The molecule has 0 heterocycles. The van der Waals surface area contributed by atoms with Crippen molar-refractivity contribution in [2.45, 2.75) is 407 Å². The molecule has 0 aliphatic carbocycles. The third-order valence-electron chi connectivity index (χ3n) is 17.5. The van der Waals surface area contributed by atoms with Crippen LogP contribution in [0.25, 0.3) is 0 Å². The first-order valence-electron chi connectivity index (χ1n) is 39.0. The standard InChI is InChI=1S/C75H146O17P2/c1-7-9-11-13-15-17-19-21-22-23-24-25-27-29-33-41-47-53-59-74(79)91-70(63-85-72(77)57-51-45-39-32-28-26-20-18-16-14-12-10-8-2)65-89-93(81,82)87-61-69(76)62-88-94(83,84)90-66-71(64-86-73(78)58-52-46-40-36-35-38-44-50-56-68(5)6)92-75(80)60-54-48-42-34-30-31-37-43-49-55-67(3)4/h67-71,76H,7-66H2,1-6H3,(H,81,82)(H,83,84)/t69-,70-,71-/m1/s1. The largest absolute Gasteiger partial charge is 0.472 e. The van der Waals surface area contributed by atoms with Crippen molar-refractivity contribution in [1.82, 2.24) is 0 Å². The minimum absolute atomic E-state index is 0.105. The summed E-state index contributed by atoms with van der Waals surface area (Å²) in [7, 11) is -9.91. The monoisotopic (exact) mass is 1380 g/mol. The number of esters is 4. The van der Waals surface area contributed by atoms with Gasteiger partial charge in [-0.2, -0.15) is 0 Å². The molecule has 0 spiro atoms. The van der Waals surface area contributed by atoms with Gasteiger partial charge < -0.3 is 33.8 Å². The lowest BCUT2D eigenvalue weighted by molar-refractivity contribution is -0.161. The average Bonchev–Trinajstić information content (AvgIpc) is 1.54. The van der Waals surface area contributed by atoms with E-state index < -0.39 is 97.5 Å². The summed E-state index contributed by atoms with van der Waals surface area (Å²) in [6.07, 6.45) is 54.1. The first-order valence-corrected chi connectivity index (χ1v) is 42.0. The van der Waals surface area contributed by atoms with Crippen molar-refractivity contribution in [3.05, 3.63) is 0 Å². The highest BCUT2D eigenvalue weighted by molar-refractivity contribution is 7.47. The number of carbonyl (C=O) groups is 4. The van der Waals surface area contributed by atoms with E-state index in [4.69, 9.17) is 37.0 Å². The quantitative estimate of drug-likeness (QED) is 0.0222. The van der Waals surface area contributed by atoms with Crippen LogP contribution in [0, 0.1) is 11.8 Å². The zero-order chi connectivity index (χ0) is 69.3. The van der Waals surface area contributed by atoms with Crippen molar-refractivity contribution >= 4 is 39.5 Å². The number of unbranched alkanes of at least 4 members (excludes halogenated alkanes) is 44. The molecule has 19 heteroatoms. The van der Waals surface area contributed by atoms with E-state index in [1.165, 1.54) is 205 Å². The van der Waals surface area contributed by atoms with Crippen LogP contribution in [0.3, 0.4) is 0 Å². The first-order chi connectivity index (χ1) is 45.4. The van der Waals surface area contributed by atoms with Crippen LogP contribution in [0.15, 0.2) is 0 Å². The highest BCUT2D eigenvalue weighted by Crippen LogP contribution is 2.45. The minimum Gasteiger partial charge on any atom is -0.462 e. The number of ether oxygens (including phenoxy) is 4. The molecule has 0 fully saturated rings. The van der Waals surface area contributed by atoms with Crippen molar-refractivity contribution in [2.24, 2.45) is 11.8 Å². The summed E-state index contributed by atoms with van der Waals surface area (Å²) in [5.41, 5.74) is 0. The van der Waals surface area contributed by atoms with Crippen molar-refractivity contribution < 1.29 is 80.2 Å². The predicted octanol–water partition coefficient (Wildman–Crippen LogP) is 21.9. The fourth-order valence-electron chi connectivity index (χ4n) is 11.5. The lowest BCUT2D eigenvalue weighted by atomic mass is 10.0. The van der Waals surface area contributed by atoms with Gasteiger partial charge in [0, 0.05) is 25.7 Å². The zero-order valence-corrected chi connectivity index (χ0v) is 63.1. The third kappa shape index (κ3) is 68.6. The molecule has 0 aromatic carbocycles. The maximum absolute atomic E-state index is 13.1. The lowest BCUT2D eigenvalue weighted by Gasteiger charge is -2.21. The van der Waals surface area contributed by atoms with Crippen LogP contribution in [0.4, 0.5) is 0 Å². The molecule has 0 saturated heterocycles. The molecule has 17 nitrogen and oxygen atoms in total. The fraction of sp³-hybridized carbons (Fsp3) is 0.947. The molecule has 0 radical (unpaired) electrons. The van der Waals surface area contributed by atoms with E-state index in [0.29, 0.717) is 25.7 Å². The predicted molar refractivity (Wildman–Crippen MR) is 381 cm³/mol. The van der Waals surface area contributed by atoms with Crippen LogP contribution in [0.5, 0.6) is 0 Å². The Balaban J connectivity index is 5.24. The van der Waals surface area contributed by atoms with Crippen LogP contribution in [0.2, 0.25) is 0 Å². The highest BCUT2D eigenvalue weighted by atomic mass is 31.2. The molecule has 94 heavy (non-hydrogen) atoms. The first kappa shape index (κ1) is 92.1. The summed E-state index contributed by atoms with van der Waals surface area (Å²) >= 11 is 0. The Morgan fingerprint density at radius 3 is 0.723 bits per heavy atom. The SMILES string of the molecule is CCCCCCCCCCCCCCCCCCCCC(=O)O[C@H](COC(=O)CCCCCCCCCCCCCCC)COP(=O)(O)OC[C@@H](O)COP(=O)(O)OC[C@@H](COC(=O)CCCCCCCCCCC(C)C)OC(=O)CCCCCCCCCCCC(C)C. The normalized spacial score (nSPS) is 14.0. The maximum Gasteiger partial charge on any atom is 0.472 e. The molecule has 0 amide bonds. The number of hydrogen-bond acceptors (Lipinski definition) is 15. The van der Waals surface area contributed by atoms with Gasteiger partial charge in [0.05, 0.1) is 26.4 Å². The van der Waals surface area contributed by atoms with E-state index >= 15 is 0 Å². The highest BCUT2D eigenvalue weighted by Gasteiger charge is 2.30. The zero-order valence-electron chi connectivity index (χ0n) is 61.3. The van der Waals surface area contributed by atoms with Gasteiger partial charge >= 0.3 is 39.5 Å². The van der Waals surface area contributed by atoms with E-state index in [-0.39, 0.29) is 25.7 Å². The fourth-order valence-corrected chi connectivity index (χ4v) is 13.1. The van der Waals surface area contributed by atoms with Crippen LogP contribution >= 0.6 is 15.6 Å². The van der Waals surface area contributed by atoms with Crippen molar-refractivity contribution in [3.63, 3.8) is 0 Å². The number of rotatable bonds is 74. The van der Waals surface area contributed by atoms with E-state index in [2.05, 4.69) is 41.5 Å². The Kier molecular flexibility index (Phi) is 65.5. The molecule has 2 unspecified atom stereocenters. The van der Waals surface area contributed by atoms with Gasteiger partial charge in [-0.25, -0.2) is 9.13 Å². The molecule has 0 rings (SSSR count). The van der Waals surface area contributed by atoms with Crippen molar-refractivity contribution in [3.8, 4) is 0 Å². The van der Waals surface area contributed by atoms with Gasteiger partial charge in [-0.15, -0.1) is 0 Å². The topological polar surface area (TPSA) is 237 Å². The van der Waals surface area contributed by atoms with Crippen LogP contribution in [0.1, 0.15) is 388 Å². The molecular weight excluding hydrogens is 1230 g/mol. The molecule has 0 aliphatic heterocycles. The van der Waals surface area contributed by atoms with Gasteiger partial charge in [-0.3, -0.25) is 37.3 Å². The lowest BCUT2D eigenvalue weighted by Crippen LogP contribution is -2.30. The summed E-state index contributed by atoms with van der Waals surface area (Å²) in [5.74, 6) is -0.654. The summed E-state index contributed by atoms with van der Waals surface area (Å²) in [6, 6.07) is 0. The molecule has 0 aromatic heterocycles. The molecule has 5 atom stereocenters. The van der Waals surface area contributed by atoms with E-state index in [1.54, 1.807) is 0 Å². The van der Waals surface area contributed by atoms with Gasteiger partial charge in [0.25, 0.3) is 0 Å². The second kappa shape index (κ2) is 66.9.